The molecule has 2 unspecified atom stereocenters. The summed E-state index contributed by atoms with van der Waals surface area (Å²) < 4.78 is 15.1. The van der Waals surface area contributed by atoms with Gasteiger partial charge in [0.05, 0.1) is 17.5 Å². The van der Waals surface area contributed by atoms with Gasteiger partial charge in [-0.05, 0) is 66.6 Å². The molecule has 9 heteroatoms. The number of phenolic OH excluding ortho intramolecular Hbond substituents is 1. The SMILES string of the molecule is O=C1[C@@H]2C(Cc3ccc(O)cc3)NC3(C(=O)Nc4ccc(F)cc43)[C@@H]2C(=O)N1c1ccc(Br)cc1. The lowest BCUT2D eigenvalue weighted by Crippen LogP contribution is -2.53. The van der Waals surface area contributed by atoms with Crippen molar-refractivity contribution < 1.29 is 23.9 Å². The van der Waals surface area contributed by atoms with E-state index in [1.54, 1.807) is 48.5 Å². The maximum Gasteiger partial charge on any atom is 0.250 e. The minimum Gasteiger partial charge on any atom is -0.508 e. The lowest BCUT2D eigenvalue weighted by Gasteiger charge is -2.29. The molecule has 176 valence electrons. The maximum atomic E-state index is 14.3. The highest BCUT2D eigenvalue weighted by Gasteiger charge is 2.70. The Labute approximate surface area is 208 Å². The van der Waals surface area contributed by atoms with Crippen LogP contribution < -0.4 is 15.5 Å². The summed E-state index contributed by atoms with van der Waals surface area (Å²) in [5.74, 6) is -3.73. The summed E-state index contributed by atoms with van der Waals surface area (Å²) in [6.45, 7) is 0. The summed E-state index contributed by atoms with van der Waals surface area (Å²) in [7, 11) is 0. The Morgan fingerprint density at radius 3 is 2.40 bits per heavy atom. The third-order valence-corrected chi connectivity index (χ3v) is 7.68. The first kappa shape index (κ1) is 21.9. The third-order valence-electron chi connectivity index (χ3n) is 7.15. The van der Waals surface area contributed by atoms with Crippen molar-refractivity contribution >= 4 is 45.0 Å². The number of carbonyl (C=O) groups is 3. The Bertz CT molecular complexity index is 1390. The molecule has 0 radical (unpaired) electrons. The molecule has 1 spiro atoms. The van der Waals surface area contributed by atoms with Gasteiger partial charge in [0.1, 0.15) is 17.1 Å². The van der Waals surface area contributed by atoms with Gasteiger partial charge in [0, 0.05) is 21.8 Å². The van der Waals surface area contributed by atoms with Crippen molar-refractivity contribution in [3.8, 4) is 5.75 Å². The summed E-state index contributed by atoms with van der Waals surface area (Å²) in [5.41, 5.74) is 0.380. The van der Waals surface area contributed by atoms with Gasteiger partial charge in [-0.3, -0.25) is 19.7 Å². The molecule has 3 aliphatic rings. The number of halogens is 2. The zero-order chi connectivity index (χ0) is 24.5. The maximum absolute atomic E-state index is 14.3. The van der Waals surface area contributed by atoms with E-state index in [-0.39, 0.29) is 5.75 Å². The highest BCUT2D eigenvalue weighted by molar-refractivity contribution is 9.10. The fourth-order valence-corrected chi connectivity index (χ4v) is 5.94. The van der Waals surface area contributed by atoms with Crippen molar-refractivity contribution in [1.82, 2.24) is 5.32 Å². The Morgan fingerprint density at radius 1 is 0.971 bits per heavy atom. The number of hydrogen-bond donors (Lipinski definition) is 3. The van der Waals surface area contributed by atoms with Crippen LogP contribution in [-0.2, 0) is 26.3 Å². The van der Waals surface area contributed by atoms with E-state index >= 15 is 0 Å². The first-order valence-electron chi connectivity index (χ1n) is 11.1. The lowest BCUT2D eigenvalue weighted by molar-refractivity contribution is -0.130. The molecular formula is C26H19BrFN3O4. The van der Waals surface area contributed by atoms with E-state index < -0.39 is 47.0 Å². The fraction of sp³-hybridized carbons (Fsp3) is 0.192. The van der Waals surface area contributed by atoms with Crippen LogP contribution in [-0.4, -0.2) is 28.9 Å². The molecule has 0 bridgehead atoms. The van der Waals surface area contributed by atoms with Gasteiger partial charge in [0.25, 0.3) is 0 Å². The second kappa shape index (κ2) is 7.73. The smallest absolute Gasteiger partial charge is 0.250 e. The van der Waals surface area contributed by atoms with E-state index in [0.717, 1.165) is 14.9 Å². The second-order valence-electron chi connectivity index (χ2n) is 9.07. The predicted molar refractivity (Wildman–Crippen MR) is 129 cm³/mol. The molecule has 35 heavy (non-hydrogen) atoms. The molecule has 3 heterocycles. The fourth-order valence-electron chi connectivity index (χ4n) is 5.68. The minimum atomic E-state index is -1.58. The number of imide groups is 1. The monoisotopic (exact) mass is 535 g/mol. The van der Waals surface area contributed by atoms with Crippen LogP contribution in [0.5, 0.6) is 5.75 Å². The number of benzene rings is 3. The topological polar surface area (TPSA) is 98.7 Å². The Hall–Kier alpha value is -3.56. The number of aromatic hydroxyl groups is 1. The van der Waals surface area contributed by atoms with Gasteiger partial charge in [0.2, 0.25) is 17.7 Å². The number of hydrogen-bond acceptors (Lipinski definition) is 5. The van der Waals surface area contributed by atoms with Gasteiger partial charge in [-0.15, -0.1) is 0 Å². The first-order valence-corrected chi connectivity index (χ1v) is 11.9. The van der Waals surface area contributed by atoms with Gasteiger partial charge in [-0.25, -0.2) is 9.29 Å². The quantitative estimate of drug-likeness (QED) is 0.446. The van der Waals surface area contributed by atoms with Crippen molar-refractivity contribution in [2.75, 3.05) is 10.2 Å². The molecule has 2 fully saturated rings. The molecule has 3 aromatic rings. The molecule has 0 aromatic heterocycles. The molecule has 2 saturated heterocycles. The van der Waals surface area contributed by atoms with Crippen molar-refractivity contribution in [3.05, 3.63) is 88.1 Å². The van der Waals surface area contributed by atoms with Crippen molar-refractivity contribution in [2.24, 2.45) is 11.8 Å². The number of rotatable bonds is 3. The van der Waals surface area contributed by atoms with Crippen molar-refractivity contribution in [3.63, 3.8) is 0 Å². The Kier molecular flexibility index (Phi) is 4.84. The summed E-state index contributed by atoms with van der Waals surface area (Å²) >= 11 is 3.36. The number of nitrogens with zero attached hydrogens (tertiary/aromatic N) is 1. The largest absolute Gasteiger partial charge is 0.508 e. The highest BCUT2D eigenvalue weighted by atomic mass is 79.9. The molecule has 4 atom stereocenters. The van der Waals surface area contributed by atoms with E-state index in [0.29, 0.717) is 23.4 Å². The normalized spacial score (nSPS) is 26.9. The van der Waals surface area contributed by atoms with Crippen molar-refractivity contribution in [2.45, 2.75) is 18.0 Å². The van der Waals surface area contributed by atoms with Gasteiger partial charge >= 0.3 is 0 Å². The molecule has 7 nitrogen and oxygen atoms in total. The summed E-state index contributed by atoms with van der Waals surface area (Å²) in [6.07, 6.45) is 0.328. The number of carbonyl (C=O) groups excluding carboxylic acids is 3. The van der Waals surface area contributed by atoms with Gasteiger partial charge in [-0.2, -0.15) is 0 Å². The number of anilines is 2. The molecular weight excluding hydrogens is 517 g/mol. The molecule has 3 N–H and O–H groups in total. The standard InChI is InChI=1S/C26H19BrFN3O4/c27-14-3-6-16(7-4-14)31-23(33)21-20(11-13-1-8-17(32)9-2-13)30-26(22(21)24(31)34)18-12-15(28)5-10-19(18)29-25(26)35/h1-10,12,20-22,30,32H,11H2,(H,29,35)/t20?,21-,22+,26?/m1/s1. The molecule has 3 aliphatic heterocycles. The van der Waals surface area contributed by atoms with E-state index in [9.17, 15) is 23.9 Å². The van der Waals surface area contributed by atoms with E-state index in [2.05, 4.69) is 26.6 Å². The van der Waals surface area contributed by atoms with Crippen molar-refractivity contribution in [1.29, 1.82) is 0 Å². The van der Waals surface area contributed by atoms with Gasteiger partial charge < -0.3 is 10.4 Å². The molecule has 6 rings (SSSR count). The van der Waals surface area contributed by atoms with Crippen LogP contribution in [0.25, 0.3) is 0 Å². The average Bonchev–Trinajstić information content (AvgIpc) is 3.41. The van der Waals surface area contributed by atoms with Crippen LogP contribution in [0.1, 0.15) is 11.1 Å². The third kappa shape index (κ3) is 3.15. The zero-order valence-corrected chi connectivity index (χ0v) is 19.8. The summed E-state index contributed by atoms with van der Waals surface area (Å²) in [6, 6.07) is 16.7. The molecule has 3 aromatic carbocycles. The number of nitrogens with one attached hydrogen (secondary N) is 2. The molecule has 0 saturated carbocycles. The van der Waals surface area contributed by atoms with Gasteiger partial charge in [-0.1, -0.05) is 28.1 Å². The number of phenols is 1. The van der Waals surface area contributed by atoms with Crippen LogP contribution in [0, 0.1) is 17.7 Å². The zero-order valence-electron chi connectivity index (χ0n) is 18.2. The summed E-state index contributed by atoms with van der Waals surface area (Å²) in [4.78, 5) is 42.3. The lowest BCUT2D eigenvalue weighted by atomic mass is 9.76. The number of fused-ring (bicyclic) bond motifs is 4. The second-order valence-corrected chi connectivity index (χ2v) is 9.98. The summed E-state index contributed by atoms with van der Waals surface area (Å²) in [5, 5.41) is 15.7. The van der Waals surface area contributed by atoms with Crippen LogP contribution in [0.15, 0.2) is 71.2 Å². The van der Waals surface area contributed by atoms with E-state index in [1.807, 2.05) is 0 Å². The first-order chi connectivity index (χ1) is 16.8. The molecule has 3 amide bonds. The van der Waals surface area contributed by atoms with Crippen LogP contribution in [0.3, 0.4) is 0 Å². The predicted octanol–water partition coefficient (Wildman–Crippen LogP) is 3.46. The molecule has 0 aliphatic carbocycles. The van der Waals surface area contributed by atoms with E-state index in [4.69, 9.17) is 0 Å². The van der Waals surface area contributed by atoms with Gasteiger partial charge in [0.15, 0.2) is 0 Å². The Morgan fingerprint density at radius 2 is 1.69 bits per heavy atom. The number of amides is 3. The highest BCUT2D eigenvalue weighted by Crippen LogP contribution is 2.54. The average molecular weight is 536 g/mol. The minimum absolute atomic E-state index is 0.107. The van der Waals surface area contributed by atoms with Crippen LogP contribution in [0.2, 0.25) is 0 Å². The Balaban J connectivity index is 1.49. The van der Waals surface area contributed by atoms with E-state index in [1.165, 1.54) is 18.2 Å². The van der Waals surface area contributed by atoms with Crippen LogP contribution in [0.4, 0.5) is 15.8 Å². The van der Waals surface area contributed by atoms with Crippen LogP contribution >= 0.6 is 15.9 Å².